The number of benzene rings is 2. The van der Waals surface area contributed by atoms with E-state index in [1.807, 2.05) is 59.2 Å². The normalized spacial score (nSPS) is 17.2. The lowest BCUT2D eigenvalue weighted by Gasteiger charge is -2.23. The Kier molecular flexibility index (Phi) is 6.57. The molecule has 9 heteroatoms. The van der Waals surface area contributed by atoms with Crippen LogP contribution < -0.4 is 4.74 Å². The molecule has 0 bridgehead atoms. The molecule has 4 rings (SSSR count). The van der Waals surface area contributed by atoms with Crippen molar-refractivity contribution in [3.63, 3.8) is 0 Å². The fourth-order valence-electron chi connectivity index (χ4n) is 3.81. The maximum Gasteiger partial charge on any atom is 0.233 e. The van der Waals surface area contributed by atoms with Crippen molar-refractivity contribution in [1.29, 1.82) is 0 Å². The number of carbonyl (C=O) groups is 1. The third-order valence-electron chi connectivity index (χ3n) is 5.60. The number of sulfone groups is 1. The lowest BCUT2D eigenvalue weighted by atomic mass is 10.1. The number of aromatic nitrogens is 2. The molecule has 7 nitrogen and oxygen atoms in total. The molecule has 168 valence electrons. The number of hydrogen-bond acceptors (Lipinski definition) is 6. The topological polar surface area (TPSA) is 81.5 Å². The lowest BCUT2D eigenvalue weighted by molar-refractivity contribution is -0.128. The number of amides is 1. The lowest BCUT2D eigenvalue weighted by Crippen LogP contribution is -2.38. The van der Waals surface area contributed by atoms with Gasteiger partial charge in [0.05, 0.1) is 41.9 Å². The minimum absolute atomic E-state index is 0.0356. The number of para-hydroxylation sites is 2. The van der Waals surface area contributed by atoms with Crippen LogP contribution in [0, 0.1) is 0 Å². The van der Waals surface area contributed by atoms with Crippen LogP contribution in [-0.4, -0.2) is 66.2 Å². The van der Waals surface area contributed by atoms with Crippen LogP contribution in [0.15, 0.2) is 66.0 Å². The van der Waals surface area contributed by atoms with Gasteiger partial charge < -0.3 is 9.64 Å². The van der Waals surface area contributed by atoms with E-state index in [1.165, 1.54) is 11.8 Å². The molecule has 0 radical (unpaired) electrons. The predicted octanol–water partition coefficient (Wildman–Crippen LogP) is 3.29. The first-order chi connectivity index (χ1) is 15.4. The van der Waals surface area contributed by atoms with Crippen molar-refractivity contribution in [3.05, 3.63) is 60.8 Å². The molecule has 1 unspecified atom stereocenters. The number of hydrogen-bond donors (Lipinski definition) is 0. The molecule has 2 heterocycles. The first-order valence-corrected chi connectivity index (χ1v) is 13.1. The third kappa shape index (κ3) is 4.68. The van der Waals surface area contributed by atoms with E-state index in [1.54, 1.807) is 25.3 Å². The van der Waals surface area contributed by atoms with Gasteiger partial charge in [0, 0.05) is 18.7 Å². The number of nitrogens with zero attached hydrogens (tertiary/aromatic N) is 3. The Balaban J connectivity index is 1.62. The summed E-state index contributed by atoms with van der Waals surface area (Å²) in [6.45, 7) is 0. The van der Waals surface area contributed by atoms with Crippen LogP contribution in [0.1, 0.15) is 6.42 Å². The van der Waals surface area contributed by atoms with Crippen LogP contribution in [0.25, 0.3) is 16.9 Å². The number of thioether (sulfide) groups is 1. The molecule has 1 aliphatic heterocycles. The zero-order valence-corrected chi connectivity index (χ0v) is 19.6. The van der Waals surface area contributed by atoms with E-state index in [4.69, 9.17) is 4.74 Å². The highest BCUT2D eigenvalue weighted by molar-refractivity contribution is 7.99. The van der Waals surface area contributed by atoms with Crippen molar-refractivity contribution in [2.24, 2.45) is 0 Å². The zero-order valence-electron chi connectivity index (χ0n) is 18.0. The van der Waals surface area contributed by atoms with Crippen LogP contribution in [0.2, 0.25) is 0 Å². The first kappa shape index (κ1) is 22.4. The van der Waals surface area contributed by atoms with Crippen molar-refractivity contribution in [2.75, 3.05) is 31.4 Å². The van der Waals surface area contributed by atoms with E-state index >= 15 is 0 Å². The van der Waals surface area contributed by atoms with Crippen molar-refractivity contribution in [2.45, 2.75) is 17.6 Å². The highest BCUT2D eigenvalue weighted by Gasteiger charge is 2.32. The summed E-state index contributed by atoms with van der Waals surface area (Å²) in [6.07, 6.45) is 2.28. The number of ether oxygens (including phenoxy) is 1. The summed E-state index contributed by atoms with van der Waals surface area (Å²) in [4.78, 5) is 19.0. The number of carbonyl (C=O) groups excluding carboxylic acids is 1. The summed E-state index contributed by atoms with van der Waals surface area (Å²) in [5.41, 5.74) is 2.72. The molecule has 0 N–H and O–H groups in total. The van der Waals surface area contributed by atoms with Crippen molar-refractivity contribution in [1.82, 2.24) is 14.5 Å². The minimum Gasteiger partial charge on any atom is -0.495 e. The van der Waals surface area contributed by atoms with Gasteiger partial charge in [0.25, 0.3) is 0 Å². The zero-order chi connectivity index (χ0) is 22.7. The van der Waals surface area contributed by atoms with Crippen LogP contribution in [0.5, 0.6) is 5.75 Å². The second-order valence-corrected chi connectivity index (χ2v) is 10.8. The molecule has 32 heavy (non-hydrogen) atoms. The van der Waals surface area contributed by atoms with E-state index < -0.39 is 9.84 Å². The third-order valence-corrected chi connectivity index (χ3v) is 8.29. The average Bonchev–Trinajstić information content (AvgIpc) is 3.40. The van der Waals surface area contributed by atoms with Crippen LogP contribution in [0.4, 0.5) is 0 Å². The smallest absolute Gasteiger partial charge is 0.233 e. The van der Waals surface area contributed by atoms with Gasteiger partial charge in [-0.3, -0.25) is 9.36 Å². The van der Waals surface area contributed by atoms with Gasteiger partial charge in [-0.05, 0) is 18.6 Å². The number of rotatable bonds is 7. The molecular formula is C23H25N3O4S2. The second kappa shape index (κ2) is 9.38. The quantitative estimate of drug-likeness (QED) is 0.492. The van der Waals surface area contributed by atoms with Gasteiger partial charge in [-0.1, -0.05) is 54.2 Å². The number of methoxy groups -OCH3 is 1. The predicted molar refractivity (Wildman–Crippen MR) is 126 cm³/mol. The molecule has 1 aliphatic rings. The molecule has 3 aromatic rings. The van der Waals surface area contributed by atoms with Gasteiger partial charge in [0.15, 0.2) is 15.0 Å². The van der Waals surface area contributed by atoms with Crippen molar-refractivity contribution < 1.29 is 17.9 Å². The molecule has 1 saturated heterocycles. The fraction of sp³-hybridized carbons (Fsp3) is 0.304. The summed E-state index contributed by atoms with van der Waals surface area (Å²) >= 11 is 1.33. The van der Waals surface area contributed by atoms with Gasteiger partial charge in [0.2, 0.25) is 5.91 Å². The van der Waals surface area contributed by atoms with Crippen LogP contribution >= 0.6 is 11.8 Å². The molecule has 1 amide bonds. The molecule has 0 aliphatic carbocycles. The Bertz CT molecular complexity index is 1210. The largest absolute Gasteiger partial charge is 0.495 e. The highest BCUT2D eigenvalue weighted by atomic mass is 32.2. The molecule has 0 spiro atoms. The average molecular weight is 472 g/mol. The van der Waals surface area contributed by atoms with Gasteiger partial charge >= 0.3 is 0 Å². The van der Waals surface area contributed by atoms with Crippen LogP contribution in [0.3, 0.4) is 0 Å². The highest BCUT2D eigenvalue weighted by Crippen LogP contribution is 2.34. The molecule has 0 saturated carbocycles. The standard InChI is InChI=1S/C23H25N3O4S2/c1-25(18-12-13-32(28,29)16-18)22(27)15-31-23-24-14-20(17-8-4-3-5-9-17)26(23)19-10-6-7-11-21(19)30-2/h3-11,14,18H,12-13,15-16H2,1-2H3. The summed E-state index contributed by atoms with van der Waals surface area (Å²) < 4.78 is 31.1. The molecule has 1 atom stereocenters. The van der Waals surface area contributed by atoms with E-state index in [0.717, 1.165) is 16.9 Å². The Hall–Kier alpha value is -2.78. The maximum absolute atomic E-state index is 12.8. The Labute approximate surface area is 192 Å². The van der Waals surface area contributed by atoms with E-state index in [-0.39, 0.29) is 29.2 Å². The number of imidazole rings is 1. The van der Waals surface area contributed by atoms with E-state index in [2.05, 4.69) is 4.98 Å². The first-order valence-electron chi connectivity index (χ1n) is 10.2. The molecule has 2 aromatic carbocycles. The molecular weight excluding hydrogens is 446 g/mol. The van der Waals surface area contributed by atoms with Gasteiger partial charge in [-0.2, -0.15) is 0 Å². The monoisotopic (exact) mass is 471 g/mol. The van der Waals surface area contributed by atoms with Crippen molar-refractivity contribution in [3.8, 4) is 22.7 Å². The molecule has 1 fully saturated rings. The summed E-state index contributed by atoms with van der Waals surface area (Å²) in [7, 11) is 0.251. The SMILES string of the molecule is COc1ccccc1-n1c(-c2ccccc2)cnc1SCC(=O)N(C)C1CCS(=O)(=O)C1. The van der Waals surface area contributed by atoms with Crippen molar-refractivity contribution >= 4 is 27.5 Å². The Morgan fingerprint density at radius 1 is 1.19 bits per heavy atom. The Morgan fingerprint density at radius 2 is 1.91 bits per heavy atom. The maximum atomic E-state index is 12.8. The van der Waals surface area contributed by atoms with Gasteiger partial charge in [-0.15, -0.1) is 0 Å². The minimum atomic E-state index is -3.05. The summed E-state index contributed by atoms with van der Waals surface area (Å²) in [5, 5.41) is 0.661. The van der Waals surface area contributed by atoms with Gasteiger partial charge in [-0.25, -0.2) is 13.4 Å². The van der Waals surface area contributed by atoms with Gasteiger partial charge in [0.1, 0.15) is 5.75 Å². The molecule has 1 aromatic heterocycles. The second-order valence-electron chi connectivity index (χ2n) is 7.65. The van der Waals surface area contributed by atoms with E-state index in [0.29, 0.717) is 17.3 Å². The summed E-state index contributed by atoms with van der Waals surface area (Å²) in [6, 6.07) is 17.3. The summed E-state index contributed by atoms with van der Waals surface area (Å²) in [5.74, 6) is 0.916. The Morgan fingerprint density at radius 3 is 2.59 bits per heavy atom. The fourth-order valence-corrected chi connectivity index (χ4v) is 6.49. The van der Waals surface area contributed by atoms with E-state index in [9.17, 15) is 13.2 Å². The van der Waals surface area contributed by atoms with Crippen LogP contribution in [-0.2, 0) is 14.6 Å².